The number of hydrogen-bond acceptors (Lipinski definition) is 3. The quantitative estimate of drug-likeness (QED) is 0.718. The number of amides is 1. The molecule has 2 aromatic carbocycles. The second-order valence-electron chi connectivity index (χ2n) is 7.87. The number of carbonyl (C=O) groups is 1. The summed E-state index contributed by atoms with van der Waals surface area (Å²) >= 11 is 0. The van der Waals surface area contributed by atoms with Gasteiger partial charge in [0.2, 0.25) is 0 Å². The van der Waals surface area contributed by atoms with Crippen LogP contribution in [-0.4, -0.2) is 40.7 Å². The van der Waals surface area contributed by atoms with Crippen LogP contribution in [0.15, 0.2) is 54.9 Å². The van der Waals surface area contributed by atoms with Gasteiger partial charge < -0.3 is 10.2 Å². The number of carbonyl (C=O) groups excluding carboxylic acids is 1. The predicted molar refractivity (Wildman–Crippen MR) is 117 cm³/mol. The Morgan fingerprint density at radius 1 is 1.07 bits per heavy atom. The van der Waals surface area contributed by atoms with Gasteiger partial charge in [-0.1, -0.05) is 30.3 Å². The Morgan fingerprint density at radius 2 is 1.79 bits per heavy atom. The molecule has 0 aliphatic carbocycles. The Labute approximate surface area is 172 Å². The number of benzene rings is 2. The van der Waals surface area contributed by atoms with Gasteiger partial charge in [0.25, 0.3) is 5.91 Å². The van der Waals surface area contributed by atoms with E-state index in [0.29, 0.717) is 5.92 Å². The van der Waals surface area contributed by atoms with Crippen LogP contribution in [0.3, 0.4) is 0 Å². The highest BCUT2D eigenvalue weighted by Gasteiger charge is 2.25. The molecule has 5 heteroatoms. The first-order valence-corrected chi connectivity index (χ1v) is 10.2. The van der Waals surface area contributed by atoms with Gasteiger partial charge in [-0.25, -0.2) is 0 Å². The molecule has 1 aliphatic rings. The fraction of sp³-hybridized carbons (Fsp3) is 0.333. The third-order valence-electron chi connectivity index (χ3n) is 5.96. The monoisotopic (exact) mass is 388 g/mol. The summed E-state index contributed by atoms with van der Waals surface area (Å²) in [6.07, 6.45) is 5.93. The minimum absolute atomic E-state index is 0.131. The number of hydrogen-bond donors (Lipinski definition) is 1. The number of nitrogens with zero attached hydrogens (tertiary/aromatic N) is 3. The third kappa shape index (κ3) is 4.04. The van der Waals surface area contributed by atoms with Crippen molar-refractivity contribution in [3.63, 3.8) is 0 Å². The van der Waals surface area contributed by atoms with E-state index in [9.17, 15) is 4.79 Å². The molecule has 1 fully saturated rings. The Morgan fingerprint density at radius 3 is 2.41 bits per heavy atom. The maximum Gasteiger partial charge on any atom is 0.253 e. The highest BCUT2D eigenvalue weighted by atomic mass is 16.2. The van der Waals surface area contributed by atoms with Crippen molar-refractivity contribution in [3.8, 4) is 11.1 Å². The van der Waals surface area contributed by atoms with Crippen LogP contribution in [0.25, 0.3) is 11.1 Å². The molecule has 0 unspecified atom stereocenters. The molecule has 2 heterocycles. The second-order valence-corrected chi connectivity index (χ2v) is 7.87. The number of aryl methyl sites for hydroxylation is 2. The van der Waals surface area contributed by atoms with E-state index >= 15 is 0 Å². The lowest BCUT2D eigenvalue weighted by Crippen LogP contribution is -2.37. The molecule has 3 aromatic rings. The van der Waals surface area contributed by atoms with Crippen molar-refractivity contribution in [2.45, 2.75) is 25.7 Å². The number of piperidine rings is 1. The van der Waals surface area contributed by atoms with Gasteiger partial charge in [-0.05, 0) is 54.5 Å². The Kier molecular flexibility index (Phi) is 5.38. The van der Waals surface area contributed by atoms with E-state index < -0.39 is 0 Å². The average Bonchev–Trinajstić information content (AvgIpc) is 3.20. The van der Waals surface area contributed by atoms with Crippen molar-refractivity contribution in [2.24, 2.45) is 7.05 Å². The van der Waals surface area contributed by atoms with Crippen LogP contribution in [0, 0.1) is 6.92 Å². The van der Waals surface area contributed by atoms with Crippen molar-refractivity contribution >= 4 is 11.6 Å². The van der Waals surface area contributed by atoms with E-state index in [0.717, 1.165) is 48.3 Å². The average molecular weight is 389 g/mol. The first-order chi connectivity index (χ1) is 14.0. The van der Waals surface area contributed by atoms with Crippen LogP contribution in [0.2, 0.25) is 0 Å². The third-order valence-corrected chi connectivity index (χ3v) is 5.96. The van der Waals surface area contributed by atoms with Crippen LogP contribution in [0.1, 0.15) is 40.2 Å². The van der Waals surface area contributed by atoms with Gasteiger partial charge in [0.1, 0.15) is 0 Å². The molecule has 0 atom stereocenters. The SMILES string of the molecule is CNc1cc(C(=O)N2CCC(c3ccc(-c4cnn(C)c4)cc3)CC2)ccc1C. The molecular weight excluding hydrogens is 360 g/mol. The summed E-state index contributed by atoms with van der Waals surface area (Å²) in [4.78, 5) is 14.9. The zero-order chi connectivity index (χ0) is 20.4. The van der Waals surface area contributed by atoms with E-state index in [2.05, 4.69) is 34.7 Å². The normalized spacial score (nSPS) is 14.8. The highest BCUT2D eigenvalue weighted by molar-refractivity contribution is 5.95. The van der Waals surface area contributed by atoms with Crippen molar-refractivity contribution in [1.82, 2.24) is 14.7 Å². The van der Waals surface area contributed by atoms with E-state index in [-0.39, 0.29) is 5.91 Å². The number of rotatable bonds is 4. The number of likely N-dealkylation sites (tertiary alicyclic amines) is 1. The van der Waals surface area contributed by atoms with Crippen LogP contribution in [-0.2, 0) is 7.05 Å². The molecule has 4 rings (SSSR count). The van der Waals surface area contributed by atoms with Gasteiger partial charge in [0, 0.05) is 50.2 Å². The molecule has 0 spiro atoms. The lowest BCUT2D eigenvalue weighted by atomic mass is 9.88. The number of nitrogens with one attached hydrogen (secondary N) is 1. The summed E-state index contributed by atoms with van der Waals surface area (Å²) in [5, 5.41) is 7.41. The molecule has 150 valence electrons. The maximum absolute atomic E-state index is 12.9. The summed E-state index contributed by atoms with van der Waals surface area (Å²) in [7, 11) is 3.82. The van der Waals surface area contributed by atoms with Crippen molar-refractivity contribution in [1.29, 1.82) is 0 Å². The zero-order valence-electron chi connectivity index (χ0n) is 17.4. The Bertz CT molecular complexity index is 998. The van der Waals surface area contributed by atoms with Crippen LogP contribution >= 0.6 is 0 Å². The topological polar surface area (TPSA) is 50.2 Å². The van der Waals surface area contributed by atoms with Gasteiger partial charge >= 0.3 is 0 Å². The van der Waals surface area contributed by atoms with E-state index in [1.54, 1.807) is 0 Å². The standard InChI is InChI=1S/C24H28N4O/c1-17-4-5-21(14-23(17)25-2)24(29)28-12-10-20(11-13-28)18-6-8-19(9-7-18)22-15-26-27(3)16-22/h4-9,14-16,20,25H,10-13H2,1-3H3. The molecular formula is C24H28N4O. The highest BCUT2D eigenvalue weighted by Crippen LogP contribution is 2.30. The zero-order valence-corrected chi connectivity index (χ0v) is 17.4. The first-order valence-electron chi connectivity index (χ1n) is 10.2. The summed E-state index contributed by atoms with van der Waals surface area (Å²) in [5.74, 6) is 0.639. The lowest BCUT2D eigenvalue weighted by Gasteiger charge is -2.32. The maximum atomic E-state index is 12.9. The van der Waals surface area contributed by atoms with Gasteiger partial charge in [0.15, 0.2) is 0 Å². The molecule has 0 saturated carbocycles. The lowest BCUT2D eigenvalue weighted by molar-refractivity contribution is 0.0713. The molecule has 29 heavy (non-hydrogen) atoms. The molecule has 1 aromatic heterocycles. The number of aromatic nitrogens is 2. The van der Waals surface area contributed by atoms with Gasteiger partial charge in [0.05, 0.1) is 6.20 Å². The summed E-state index contributed by atoms with van der Waals surface area (Å²) < 4.78 is 1.82. The molecule has 0 radical (unpaired) electrons. The van der Waals surface area contributed by atoms with E-state index in [4.69, 9.17) is 0 Å². The van der Waals surface area contributed by atoms with Crippen molar-refractivity contribution < 1.29 is 4.79 Å². The van der Waals surface area contributed by atoms with Crippen molar-refractivity contribution in [2.75, 3.05) is 25.5 Å². The van der Waals surface area contributed by atoms with Gasteiger partial charge in [-0.3, -0.25) is 9.48 Å². The molecule has 0 bridgehead atoms. The summed E-state index contributed by atoms with van der Waals surface area (Å²) in [5.41, 5.74) is 6.61. The van der Waals surface area contributed by atoms with Crippen LogP contribution in [0.5, 0.6) is 0 Å². The first kappa shape index (κ1) is 19.2. The molecule has 5 nitrogen and oxygen atoms in total. The van der Waals surface area contributed by atoms with E-state index in [1.165, 1.54) is 11.1 Å². The van der Waals surface area contributed by atoms with E-state index in [1.807, 2.05) is 61.2 Å². The Hall–Kier alpha value is -3.08. The van der Waals surface area contributed by atoms with Gasteiger partial charge in [-0.15, -0.1) is 0 Å². The fourth-order valence-electron chi connectivity index (χ4n) is 4.14. The van der Waals surface area contributed by atoms with Crippen LogP contribution < -0.4 is 5.32 Å². The second kappa shape index (κ2) is 8.11. The predicted octanol–water partition coefficient (Wildman–Crippen LogP) is 4.46. The molecule has 1 amide bonds. The minimum atomic E-state index is 0.131. The van der Waals surface area contributed by atoms with Crippen LogP contribution in [0.4, 0.5) is 5.69 Å². The Balaban J connectivity index is 1.39. The molecule has 1 saturated heterocycles. The number of anilines is 1. The largest absolute Gasteiger partial charge is 0.388 e. The smallest absolute Gasteiger partial charge is 0.253 e. The summed E-state index contributed by atoms with van der Waals surface area (Å²) in [6, 6.07) is 14.7. The fourth-order valence-corrected chi connectivity index (χ4v) is 4.14. The minimum Gasteiger partial charge on any atom is -0.388 e. The van der Waals surface area contributed by atoms with Gasteiger partial charge in [-0.2, -0.15) is 5.10 Å². The molecule has 1 N–H and O–H groups in total. The molecule has 1 aliphatic heterocycles. The van der Waals surface area contributed by atoms with Crippen molar-refractivity contribution in [3.05, 3.63) is 71.5 Å². The summed E-state index contributed by atoms with van der Waals surface area (Å²) in [6.45, 7) is 3.65.